The molecule has 3 aromatic rings. The van der Waals surface area contributed by atoms with Gasteiger partial charge in [0.25, 0.3) is 5.91 Å². The highest BCUT2D eigenvalue weighted by atomic mass is 35.5. The Morgan fingerprint density at radius 3 is 2.29 bits per heavy atom. The first-order valence-corrected chi connectivity index (χ1v) is 7.95. The Labute approximate surface area is 148 Å². The second kappa shape index (κ2) is 6.30. The van der Waals surface area contributed by atoms with Gasteiger partial charge in [-0.3, -0.25) is 14.2 Å². The predicted molar refractivity (Wildman–Crippen MR) is 94.2 cm³/mol. The van der Waals surface area contributed by atoms with Crippen LogP contribution in [0, 0.1) is 6.92 Å². The summed E-state index contributed by atoms with van der Waals surface area (Å²) < 4.78 is 1.52. The molecule has 0 bridgehead atoms. The van der Waals surface area contributed by atoms with E-state index in [1.165, 1.54) is 4.57 Å². The second-order valence-electron chi connectivity index (χ2n) is 5.44. The average molecular weight is 362 g/mol. The summed E-state index contributed by atoms with van der Waals surface area (Å²) in [6.07, 6.45) is -0.177. The Kier molecular flexibility index (Phi) is 4.35. The van der Waals surface area contributed by atoms with E-state index in [1.807, 2.05) is 0 Å². The lowest BCUT2D eigenvalue weighted by molar-refractivity contribution is -0.136. The van der Waals surface area contributed by atoms with Crippen LogP contribution in [-0.4, -0.2) is 21.6 Å². The van der Waals surface area contributed by atoms with E-state index in [0.29, 0.717) is 37.8 Å². The summed E-state index contributed by atoms with van der Waals surface area (Å²) in [6, 6.07) is 11.7. The number of carbonyl (C=O) groups excluding carboxylic acids is 1. The normalized spacial score (nSPS) is 11.0. The van der Waals surface area contributed by atoms with E-state index in [2.05, 4.69) is 0 Å². The van der Waals surface area contributed by atoms with Crippen molar-refractivity contribution in [3.05, 3.63) is 69.3 Å². The lowest BCUT2D eigenvalue weighted by Crippen LogP contribution is -2.14. The van der Waals surface area contributed by atoms with Crippen LogP contribution in [-0.2, 0) is 11.2 Å². The Balaban J connectivity index is 2.24. The molecule has 0 saturated heterocycles. The molecular formula is C18H13Cl2NO3. The van der Waals surface area contributed by atoms with Gasteiger partial charge in [-0.15, -0.1) is 0 Å². The lowest BCUT2D eigenvalue weighted by Gasteiger charge is -2.07. The number of aromatic nitrogens is 1. The molecule has 4 nitrogen and oxygen atoms in total. The van der Waals surface area contributed by atoms with Crippen LogP contribution in [0.15, 0.2) is 42.5 Å². The molecule has 0 unspecified atom stereocenters. The molecule has 0 spiro atoms. The topological polar surface area (TPSA) is 59.3 Å². The molecule has 24 heavy (non-hydrogen) atoms. The molecule has 0 radical (unpaired) electrons. The van der Waals surface area contributed by atoms with Crippen LogP contribution in [0.2, 0.25) is 10.0 Å². The van der Waals surface area contributed by atoms with Gasteiger partial charge in [-0.1, -0.05) is 23.2 Å². The van der Waals surface area contributed by atoms with E-state index >= 15 is 0 Å². The van der Waals surface area contributed by atoms with Crippen LogP contribution in [0.1, 0.15) is 21.6 Å². The Bertz CT molecular complexity index is 959. The summed E-state index contributed by atoms with van der Waals surface area (Å²) in [5.74, 6) is -1.20. The molecule has 0 aliphatic rings. The first kappa shape index (κ1) is 16.6. The minimum Gasteiger partial charge on any atom is -0.481 e. The fourth-order valence-electron chi connectivity index (χ4n) is 2.81. The van der Waals surface area contributed by atoms with Crippen LogP contribution in [0.25, 0.3) is 10.9 Å². The van der Waals surface area contributed by atoms with Crippen molar-refractivity contribution in [2.75, 3.05) is 0 Å². The van der Waals surface area contributed by atoms with Crippen LogP contribution in [0.4, 0.5) is 0 Å². The first-order valence-electron chi connectivity index (χ1n) is 7.20. The zero-order chi connectivity index (χ0) is 17.4. The standard InChI is InChI=1S/C18H13Cl2NO3/c1-10-14(9-17(22)23)15-8-13(20)6-7-16(15)21(10)18(24)11-2-4-12(19)5-3-11/h2-8H,9H2,1H3,(H,22,23). The lowest BCUT2D eigenvalue weighted by atomic mass is 10.1. The molecule has 0 aliphatic carbocycles. The van der Waals surface area contributed by atoms with Crippen LogP contribution in [0.3, 0.4) is 0 Å². The number of carboxylic acids is 1. The molecule has 0 fully saturated rings. The van der Waals surface area contributed by atoms with E-state index in [0.717, 1.165) is 0 Å². The van der Waals surface area contributed by atoms with Gasteiger partial charge in [0.05, 0.1) is 11.9 Å². The van der Waals surface area contributed by atoms with Gasteiger partial charge in [-0.25, -0.2) is 0 Å². The zero-order valence-corrected chi connectivity index (χ0v) is 14.2. The van der Waals surface area contributed by atoms with Crippen LogP contribution < -0.4 is 0 Å². The average Bonchev–Trinajstić information content (AvgIpc) is 2.79. The van der Waals surface area contributed by atoms with Crippen molar-refractivity contribution in [2.24, 2.45) is 0 Å². The number of nitrogens with zero attached hydrogens (tertiary/aromatic N) is 1. The fraction of sp³-hybridized carbons (Fsp3) is 0.111. The molecule has 6 heteroatoms. The summed E-state index contributed by atoms with van der Waals surface area (Å²) in [5.41, 5.74) is 2.28. The van der Waals surface area contributed by atoms with Crippen molar-refractivity contribution < 1.29 is 14.7 Å². The van der Waals surface area contributed by atoms with Gasteiger partial charge < -0.3 is 5.11 Å². The van der Waals surface area contributed by atoms with E-state index in [9.17, 15) is 14.7 Å². The summed E-state index contributed by atoms with van der Waals surface area (Å²) >= 11 is 11.9. The Hall–Kier alpha value is -2.30. The van der Waals surface area contributed by atoms with Crippen molar-refractivity contribution in [1.82, 2.24) is 4.57 Å². The zero-order valence-electron chi connectivity index (χ0n) is 12.7. The molecule has 0 atom stereocenters. The number of fused-ring (bicyclic) bond motifs is 1. The molecule has 0 saturated carbocycles. The molecule has 1 N–H and O–H groups in total. The quantitative estimate of drug-likeness (QED) is 0.742. The Morgan fingerprint density at radius 2 is 1.67 bits per heavy atom. The van der Waals surface area contributed by atoms with Gasteiger partial charge in [-0.05, 0) is 55.0 Å². The van der Waals surface area contributed by atoms with E-state index in [-0.39, 0.29) is 12.3 Å². The van der Waals surface area contributed by atoms with Crippen molar-refractivity contribution in [1.29, 1.82) is 0 Å². The van der Waals surface area contributed by atoms with Gasteiger partial charge in [0.2, 0.25) is 0 Å². The van der Waals surface area contributed by atoms with Crippen LogP contribution in [0.5, 0.6) is 0 Å². The summed E-state index contributed by atoms with van der Waals surface area (Å²) in [7, 11) is 0. The van der Waals surface area contributed by atoms with Gasteiger partial charge in [0, 0.05) is 26.7 Å². The van der Waals surface area contributed by atoms with Crippen molar-refractivity contribution in [3.63, 3.8) is 0 Å². The van der Waals surface area contributed by atoms with Gasteiger partial charge in [0.15, 0.2) is 0 Å². The molecule has 3 rings (SSSR count). The maximum absolute atomic E-state index is 12.9. The third-order valence-electron chi connectivity index (χ3n) is 3.92. The molecule has 2 aromatic carbocycles. The highest BCUT2D eigenvalue weighted by molar-refractivity contribution is 6.31. The summed E-state index contributed by atoms with van der Waals surface area (Å²) in [5, 5.41) is 10.9. The Morgan fingerprint density at radius 1 is 1.04 bits per heavy atom. The highest BCUT2D eigenvalue weighted by Crippen LogP contribution is 2.30. The van der Waals surface area contributed by atoms with E-state index in [1.54, 1.807) is 49.4 Å². The molecular weight excluding hydrogens is 349 g/mol. The number of aliphatic carboxylic acids is 1. The number of halogens is 2. The third-order valence-corrected chi connectivity index (χ3v) is 4.41. The van der Waals surface area contributed by atoms with Gasteiger partial charge in [-0.2, -0.15) is 0 Å². The van der Waals surface area contributed by atoms with E-state index in [4.69, 9.17) is 23.2 Å². The minimum atomic E-state index is -0.962. The second-order valence-corrected chi connectivity index (χ2v) is 6.32. The molecule has 122 valence electrons. The number of benzene rings is 2. The number of carboxylic acid groups (broad SMARTS) is 1. The highest BCUT2D eigenvalue weighted by Gasteiger charge is 2.21. The van der Waals surface area contributed by atoms with Crippen molar-refractivity contribution in [2.45, 2.75) is 13.3 Å². The van der Waals surface area contributed by atoms with E-state index < -0.39 is 5.97 Å². The monoisotopic (exact) mass is 361 g/mol. The van der Waals surface area contributed by atoms with Crippen LogP contribution >= 0.6 is 23.2 Å². The third kappa shape index (κ3) is 2.90. The first-order chi connectivity index (χ1) is 11.4. The van der Waals surface area contributed by atoms with Gasteiger partial charge in [0.1, 0.15) is 0 Å². The molecule has 0 aliphatic heterocycles. The molecule has 1 aromatic heterocycles. The number of carbonyl (C=O) groups is 2. The summed E-state index contributed by atoms with van der Waals surface area (Å²) in [6.45, 7) is 1.74. The van der Waals surface area contributed by atoms with Gasteiger partial charge >= 0.3 is 5.97 Å². The maximum atomic E-state index is 12.9. The predicted octanol–water partition coefficient (Wildman–Crippen LogP) is 4.57. The number of rotatable bonds is 3. The number of hydrogen-bond donors (Lipinski definition) is 1. The van der Waals surface area contributed by atoms with Crippen molar-refractivity contribution in [3.8, 4) is 0 Å². The molecule has 1 heterocycles. The smallest absolute Gasteiger partial charge is 0.307 e. The fourth-order valence-corrected chi connectivity index (χ4v) is 3.11. The van der Waals surface area contributed by atoms with Crippen molar-refractivity contribution >= 4 is 46.0 Å². The largest absolute Gasteiger partial charge is 0.481 e. The maximum Gasteiger partial charge on any atom is 0.307 e. The SMILES string of the molecule is Cc1c(CC(=O)O)c2cc(Cl)ccc2n1C(=O)c1ccc(Cl)cc1. The number of hydrogen-bond acceptors (Lipinski definition) is 2. The molecule has 0 amide bonds. The summed E-state index contributed by atoms with van der Waals surface area (Å²) in [4.78, 5) is 24.1. The minimum absolute atomic E-state index is 0.177.